The van der Waals surface area contributed by atoms with Gasteiger partial charge < -0.3 is 5.11 Å². The lowest BCUT2D eigenvalue weighted by Crippen LogP contribution is -2.46. The Morgan fingerprint density at radius 2 is 2.11 bits per heavy atom. The molecule has 0 aliphatic heterocycles. The molecule has 2 unspecified atom stereocenters. The van der Waals surface area contributed by atoms with Gasteiger partial charge in [-0.25, -0.2) is 8.42 Å². The van der Waals surface area contributed by atoms with Gasteiger partial charge >= 0.3 is 0 Å². The van der Waals surface area contributed by atoms with E-state index in [2.05, 4.69) is 15.9 Å². The maximum absolute atomic E-state index is 12.5. The number of sulfonamides is 1. The van der Waals surface area contributed by atoms with Crippen LogP contribution in [0, 0.1) is 0 Å². The fourth-order valence-corrected chi connectivity index (χ4v) is 6.18. The van der Waals surface area contributed by atoms with E-state index in [4.69, 9.17) is 0 Å². The minimum Gasteiger partial charge on any atom is -0.391 e. The number of halogens is 1. The molecule has 4 nitrogen and oxygen atoms in total. The molecule has 102 valence electrons. The van der Waals surface area contributed by atoms with Crippen LogP contribution in [-0.4, -0.2) is 37.0 Å². The van der Waals surface area contributed by atoms with Crippen LogP contribution in [0.25, 0.3) is 0 Å². The predicted octanol–water partition coefficient (Wildman–Crippen LogP) is 2.43. The second-order valence-corrected chi connectivity index (χ2v) is 8.46. The smallest absolute Gasteiger partial charge is 0.253 e. The maximum Gasteiger partial charge on any atom is 0.253 e. The fourth-order valence-electron chi connectivity index (χ4n) is 2.29. The summed E-state index contributed by atoms with van der Waals surface area (Å²) in [7, 11) is -1.96. The average molecular weight is 354 g/mol. The molecule has 1 aliphatic rings. The van der Waals surface area contributed by atoms with E-state index in [0.29, 0.717) is 15.1 Å². The molecule has 1 aliphatic carbocycles. The van der Waals surface area contributed by atoms with Crippen LogP contribution in [-0.2, 0) is 10.0 Å². The van der Waals surface area contributed by atoms with Gasteiger partial charge in [-0.05, 0) is 40.2 Å². The van der Waals surface area contributed by atoms with Crippen LogP contribution < -0.4 is 0 Å². The molecule has 1 aromatic rings. The van der Waals surface area contributed by atoms with E-state index >= 15 is 0 Å². The molecule has 1 N–H and O–H groups in total. The zero-order chi connectivity index (χ0) is 13.3. The third kappa shape index (κ3) is 2.65. The van der Waals surface area contributed by atoms with E-state index in [1.807, 2.05) is 0 Å². The Balaban J connectivity index is 2.27. The van der Waals surface area contributed by atoms with Gasteiger partial charge in [0.25, 0.3) is 10.0 Å². The van der Waals surface area contributed by atoms with Gasteiger partial charge in [0.2, 0.25) is 0 Å². The van der Waals surface area contributed by atoms with E-state index in [9.17, 15) is 13.5 Å². The minimum absolute atomic E-state index is 0.308. The van der Waals surface area contributed by atoms with Crippen molar-refractivity contribution in [1.82, 2.24) is 4.31 Å². The molecular formula is C11H16BrNO3S2. The Morgan fingerprint density at radius 3 is 2.67 bits per heavy atom. The molecule has 1 aromatic heterocycles. The highest BCUT2D eigenvalue weighted by molar-refractivity contribution is 9.10. The molecule has 2 rings (SSSR count). The quantitative estimate of drug-likeness (QED) is 0.907. The third-order valence-electron chi connectivity index (χ3n) is 3.36. The van der Waals surface area contributed by atoms with Crippen LogP contribution in [0.5, 0.6) is 0 Å². The van der Waals surface area contributed by atoms with Gasteiger partial charge in [-0.1, -0.05) is 12.8 Å². The van der Waals surface area contributed by atoms with Crippen molar-refractivity contribution in [3.8, 4) is 0 Å². The van der Waals surface area contributed by atoms with Crippen LogP contribution in [0.1, 0.15) is 25.7 Å². The first-order chi connectivity index (χ1) is 8.44. The lowest BCUT2D eigenvalue weighted by Gasteiger charge is -2.34. The number of aliphatic hydroxyl groups excluding tert-OH is 1. The summed E-state index contributed by atoms with van der Waals surface area (Å²) in [5.74, 6) is 0. The van der Waals surface area contributed by atoms with Gasteiger partial charge in [-0.15, -0.1) is 11.3 Å². The van der Waals surface area contributed by atoms with Crippen molar-refractivity contribution in [2.75, 3.05) is 7.05 Å². The topological polar surface area (TPSA) is 57.6 Å². The highest BCUT2D eigenvalue weighted by Crippen LogP contribution is 2.33. The standard InChI is InChI=1S/C11H16BrNO3S2/c1-13(9-4-2-3-5-10(9)14)18(15,16)11-8(12)6-7-17-11/h6-7,9-10,14H,2-5H2,1H3. The fraction of sp³-hybridized carbons (Fsp3) is 0.636. The normalized spacial score (nSPS) is 25.6. The first-order valence-electron chi connectivity index (χ1n) is 5.83. The number of likely N-dealkylation sites (N-methyl/N-ethyl adjacent to an activating group) is 1. The molecule has 0 aromatic carbocycles. The minimum atomic E-state index is -3.51. The summed E-state index contributed by atoms with van der Waals surface area (Å²) in [6.45, 7) is 0. The molecule has 0 amide bonds. The Labute approximate surface area is 120 Å². The van der Waals surface area contributed by atoms with Crippen LogP contribution in [0.2, 0.25) is 0 Å². The second kappa shape index (κ2) is 5.58. The molecule has 1 heterocycles. The van der Waals surface area contributed by atoms with Crippen LogP contribution >= 0.6 is 27.3 Å². The Hall–Kier alpha value is 0.0500. The van der Waals surface area contributed by atoms with Crippen molar-refractivity contribution < 1.29 is 13.5 Å². The Kier molecular flexibility index (Phi) is 4.48. The summed E-state index contributed by atoms with van der Waals surface area (Å²) in [5, 5.41) is 11.7. The molecule has 18 heavy (non-hydrogen) atoms. The largest absolute Gasteiger partial charge is 0.391 e. The maximum atomic E-state index is 12.5. The SMILES string of the molecule is CN(C1CCCCC1O)S(=O)(=O)c1sccc1Br. The van der Waals surface area contributed by atoms with Crippen molar-refractivity contribution >= 4 is 37.3 Å². The molecule has 1 fully saturated rings. The van der Waals surface area contributed by atoms with E-state index < -0.39 is 16.1 Å². The van der Waals surface area contributed by atoms with E-state index in [-0.39, 0.29) is 6.04 Å². The van der Waals surface area contributed by atoms with Crippen molar-refractivity contribution in [2.24, 2.45) is 0 Å². The summed E-state index contributed by atoms with van der Waals surface area (Å²) in [6, 6.07) is 1.42. The molecular weight excluding hydrogens is 338 g/mol. The third-order valence-corrected chi connectivity index (χ3v) is 7.89. The predicted molar refractivity (Wildman–Crippen MR) is 75.2 cm³/mol. The molecule has 1 saturated carbocycles. The second-order valence-electron chi connectivity index (χ2n) is 4.50. The van der Waals surface area contributed by atoms with Crippen LogP contribution in [0.4, 0.5) is 0 Å². The van der Waals surface area contributed by atoms with Crippen LogP contribution in [0.15, 0.2) is 20.1 Å². The number of hydrogen-bond acceptors (Lipinski definition) is 4. The van der Waals surface area contributed by atoms with Crippen molar-refractivity contribution in [1.29, 1.82) is 0 Å². The van der Waals surface area contributed by atoms with Gasteiger partial charge in [0.1, 0.15) is 4.21 Å². The molecule has 0 spiro atoms. The first kappa shape index (κ1) is 14.5. The number of nitrogens with zero attached hydrogens (tertiary/aromatic N) is 1. The van der Waals surface area contributed by atoms with Crippen molar-refractivity contribution in [3.63, 3.8) is 0 Å². The van der Waals surface area contributed by atoms with Crippen molar-refractivity contribution in [3.05, 3.63) is 15.9 Å². The lowest BCUT2D eigenvalue weighted by atomic mass is 9.93. The zero-order valence-electron chi connectivity index (χ0n) is 10.0. The van der Waals surface area contributed by atoms with E-state index in [1.54, 1.807) is 18.5 Å². The number of thiophene rings is 1. The van der Waals surface area contributed by atoms with E-state index in [0.717, 1.165) is 19.3 Å². The number of aliphatic hydroxyl groups is 1. The first-order valence-corrected chi connectivity index (χ1v) is 8.95. The molecule has 2 atom stereocenters. The van der Waals surface area contributed by atoms with Crippen molar-refractivity contribution in [2.45, 2.75) is 42.0 Å². The van der Waals surface area contributed by atoms with Gasteiger partial charge in [-0.2, -0.15) is 4.31 Å². The average Bonchev–Trinajstić information content (AvgIpc) is 2.76. The van der Waals surface area contributed by atoms with Crippen LogP contribution in [0.3, 0.4) is 0 Å². The zero-order valence-corrected chi connectivity index (χ0v) is 13.3. The highest BCUT2D eigenvalue weighted by atomic mass is 79.9. The molecule has 7 heteroatoms. The highest BCUT2D eigenvalue weighted by Gasteiger charge is 2.35. The van der Waals surface area contributed by atoms with Gasteiger partial charge in [-0.3, -0.25) is 0 Å². The number of rotatable bonds is 3. The summed E-state index contributed by atoms with van der Waals surface area (Å²) < 4.78 is 27.1. The molecule has 0 saturated heterocycles. The number of hydrogen-bond donors (Lipinski definition) is 1. The Bertz CT molecular complexity index is 514. The van der Waals surface area contributed by atoms with Gasteiger partial charge in [0.15, 0.2) is 0 Å². The molecule has 0 bridgehead atoms. The Morgan fingerprint density at radius 1 is 1.44 bits per heavy atom. The summed E-state index contributed by atoms with van der Waals surface area (Å²) in [5.41, 5.74) is 0. The van der Waals surface area contributed by atoms with Gasteiger partial charge in [0, 0.05) is 11.5 Å². The summed E-state index contributed by atoms with van der Waals surface area (Å²) in [4.78, 5) is 0. The summed E-state index contributed by atoms with van der Waals surface area (Å²) in [6.07, 6.45) is 2.77. The molecule has 0 radical (unpaired) electrons. The monoisotopic (exact) mass is 353 g/mol. The van der Waals surface area contributed by atoms with Gasteiger partial charge in [0.05, 0.1) is 12.1 Å². The lowest BCUT2D eigenvalue weighted by molar-refractivity contribution is 0.0638. The summed E-state index contributed by atoms with van der Waals surface area (Å²) >= 11 is 4.44. The van der Waals surface area contributed by atoms with E-state index in [1.165, 1.54) is 15.6 Å².